The molecule has 2 N–H and O–H groups in total. The molecule has 0 fully saturated rings. The van der Waals surface area contributed by atoms with Crippen molar-refractivity contribution in [2.24, 2.45) is 10.9 Å². The van der Waals surface area contributed by atoms with Gasteiger partial charge in [0.1, 0.15) is 5.82 Å². The van der Waals surface area contributed by atoms with Gasteiger partial charge in [0.25, 0.3) is 0 Å². The summed E-state index contributed by atoms with van der Waals surface area (Å²) in [6, 6.07) is 8.38. The van der Waals surface area contributed by atoms with Gasteiger partial charge in [0, 0.05) is 26.1 Å². The van der Waals surface area contributed by atoms with Gasteiger partial charge in [-0.15, -0.1) is 10.2 Å². The van der Waals surface area contributed by atoms with E-state index in [0.717, 1.165) is 49.4 Å². The monoisotopic (exact) mass is 402 g/mol. The molecule has 0 atom stereocenters. The summed E-state index contributed by atoms with van der Waals surface area (Å²) < 4.78 is 2.26. The summed E-state index contributed by atoms with van der Waals surface area (Å²) in [6.45, 7) is 12.0. The molecule has 7 heteroatoms. The molecule has 0 spiro atoms. The first-order chi connectivity index (χ1) is 13.5. The lowest BCUT2D eigenvalue weighted by Crippen LogP contribution is -2.38. The molecule has 1 aromatic carbocycles. The molecule has 2 aromatic rings. The van der Waals surface area contributed by atoms with Crippen molar-refractivity contribution >= 4 is 17.7 Å². The van der Waals surface area contributed by atoms with Crippen LogP contribution in [0.3, 0.4) is 0 Å². The summed E-state index contributed by atoms with van der Waals surface area (Å²) in [6.07, 6.45) is 3.95. The average molecular weight is 403 g/mol. The van der Waals surface area contributed by atoms with Gasteiger partial charge in [-0.3, -0.25) is 0 Å². The van der Waals surface area contributed by atoms with E-state index in [2.05, 4.69) is 83.6 Å². The number of aryl methyl sites for hydroxylation is 2. The summed E-state index contributed by atoms with van der Waals surface area (Å²) in [4.78, 5) is 4.72. The zero-order chi connectivity index (χ0) is 20.4. The van der Waals surface area contributed by atoms with Crippen LogP contribution in [0.25, 0.3) is 0 Å². The third-order valence-electron chi connectivity index (χ3n) is 4.41. The Morgan fingerprint density at radius 2 is 2.00 bits per heavy atom. The smallest absolute Gasteiger partial charge is 0.191 e. The Morgan fingerprint density at radius 3 is 2.68 bits per heavy atom. The number of hydrogen-bond acceptors (Lipinski definition) is 4. The number of aromatic nitrogens is 3. The summed E-state index contributed by atoms with van der Waals surface area (Å²) in [5.74, 6) is 2.51. The second-order valence-corrected chi connectivity index (χ2v) is 8.03. The Hall–Kier alpha value is -2.02. The Balaban J connectivity index is 1.89. The second kappa shape index (κ2) is 11.7. The largest absolute Gasteiger partial charge is 0.357 e. The van der Waals surface area contributed by atoms with Gasteiger partial charge in [0.05, 0.1) is 6.54 Å². The van der Waals surface area contributed by atoms with Gasteiger partial charge in [-0.05, 0) is 43.6 Å². The SMILES string of the molecule is CCNC(=NCc1ccccc1C)NCCCc1nnc(SC)n1CC(C)C. The lowest BCUT2D eigenvalue weighted by atomic mass is 10.1. The third kappa shape index (κ3) is 6.86. The minimum absolute atomic E-state index is 0.577. The van der Waals surface area contributed by atoms with Gasteiger partial charge in [0.15, 0.2) is 11.1 Å². The van der Waals surface area contributed by atoms with Crippen LogP contribution in [0.2, 0.25) is 0 Å². The second-order valence-electron chi connectivity index (χ2n) is 7.26. The van der Waals surface area contributed by atoms with E-state index in [0.29, 0.717) is 12.5 Å². The summed E-state index contributed by atoms with van der Waals surface area (Å²) >= 11 is 1.66. The van der Waals surface area contributed by atoms with Crippen LogP contribution in [0.15, 0.2) is 34.4 Å². The van der Waals surface area contributed by atoms with E-state index >= 15 is 0 Å². The summed E-state index contributed by atoms with van der Waals surface area (Å²) in [7, 11) is 0. The molecule has 28 heavy (non-hydrogen) atoms. The molecule has 1 aromatic heterocycles. The molecule has 0 unspecified atom stereocenters. The predicted octanol–water partition coefficient (Wildman–Crippen LogP) is 3.65. The first-order valence-electron chi connectivity index (χ1n) is 10.1. The minimum Gasteiger partial charge on any atom is -0.357 e. The molecule has 0 aliphatic heterocycles. The molecule has 0 bridgehead atoms. The molecule has 0 aliphatic rings. The Bertz CT molecular complexity index is 753. The maximum absolute atomic E-state index is 4.72. The highest BCUT2D eigenvalue weighted by Gasteiger charge is 2.12. The number of hydrogen-bond donors (Lipinski definition) is 2. The lowest BCUT2D eigenvalue weighted by Gasteiger charge is -2.13. The topological polar surface area (TPSA) is 67.1 Å². The van der Waals surface area contributed by atoms with Crippen LogP contribution in [-0.4, -0.2) is 40.1 Å². The van der Waals surface area contributed by atoms with Crippen molar-refractivity contribution in [2.45, 2.75) is 58.8 Å². The molecular formula is C21H34N6S. The van der Waals surface area contributed by atoms with E-state index < -0.39 is 0 Å². The van der Waals surface area contributed by atoms with Gasteiger partial charge < -0.3 is 15.2 Å². The quantitative estimate of drug-likeness (QED) is 0.275. The van der Waals surface area contributed by atoms with Crippen molar-refractivity contribution in [1.29, 1.82) is 0 Å². The molecule has 2 rings (SSSR count). The normalized spacial score (nSPS) is 11.9. The molecule has 154 valence electrons. The van der Waals surface area contributed by atoms with Crippen LogP contribution >= 0.6 is 11.8 Å². The summed E-state index contributed by atoms with van der Waals surface area (Å²) in [5, 5.41) is 16.5. The molecule has 0 aliphatic carbocycles. The maximum Gasteiger partial charge on any atom is 0.191 e. The molecule has 0 radical (unpaired) electrons. The van der Waals surface area contributed by atoms with E-state index in [1.54, 1.807) is 11.8 Å². The predicted molar refractivity (Wildman–Crippen MR) is 119 cm³/mol. The van der Waals surface area contributed by atoms with Gasteiger partial charge in [-0.25, -0.2) is 4.99 Å². The van der Waals surface area contributed by atoms with Crippen molar-refractivity contribution in [2.75, 3.05) is 19.3 Å². The number of aliphatic imine (C=N–C) groups is 1. The van der Waals surface area contributed by atoms with E-state index in [9.17, 15) is 0 Å². The zero-order valence-corrected chi connectivity index (χ0v) is 18.6. The minimum atomic E-state index is 0.577. The lowest BCUT2D eigenvalue weighted by molar-refractivity contribution is 0.477. The van der Waals surface area contributed by atoms with E-state index in [1.807, 2.05) is 0 Å². The first-order valence-corrected chi connectivity index (χ1v) is 11.3. The van der Waals surface area contributed by atoms with Crippen LogP contribution < -0.4 is 10.6 Å². The van der Waals surface area contributed by atoms with Crippen LogP contribution in [0, 0.1) is 12.8 Å². The van der Waals surface area contributed by atoms with Crippen molar-refractivity contribution < 1.29 is 0 Å². The van der Waals surface area contributed by atoms with Crippen LogP contribution in [0.5, 0.6) is 0 Å². The molecule has 0 saturated heterocycles. The summed E-state index contributed by atoms with van der Waals surface area (Å²) in [5.41, 5.74) is 2.53. The Labute approximate surface area is 173 Å². The van der Waals surface area contributed by atoms with Crippen LogP contribution in [0.4, 0.5) is 0 Å². The van der Waals surface area contributed by atoms with Gasteiger partial charge in [-0.2, -0.15) is 0 Å². The molecule has 0 amide bonds. The fraction of sp³-hybridized carbons (Fsp3) is 0.571. The van der Waals surface area contributed by atoms with Crippen LogP contribution in [0.1, 0.15) is 44.1 Å². The zero-order valence-electron chi connectivity index (χ0n) is 17.8. The molecule has 0 saturated carbocycles. The maximum atomic E-state index is 4.72. The van der Waals surface area contributed by atoms with E-state index in [4.69, 9.17) is 4.99 Å². The number of benzene rings is 1. The number of nitrogens with one attached hydrogen (secondary N) is 2. The third-order valence-corrected chi connectivity index (χ3v) is 5.07. The molecule has 6 nitrogen and oxygen atoms in total. The molecule has 1 heterocycles. The fourth-order valence-electron chi connectivity index (χ4n) is 2.95. The average Bonchev–Trinajstić information content (AvgIpc) is 3.05. The van der Waals surface area contributed by atoms with Crippen molar-refractivity contribution in [3.8, 4) is 0 Å². The number of thioether (sulfide) groups is 1. The van der Waals surface area contributed by atoms with E-state index in [1.165, 1.54) is 11.1 Å². The first kappa shape index (κ1) is 22.3. The Morgan fingerprint density at radius 1 is 1.21 bits per heavy atom. The van der Waals surface area contributed by atoms with Gasteiger partial charge in [-0.1, -0.05) is 49.9 Å². The number of nitrogens with zero attached hydrogens (tertiary/aromatic N) is 4. The van der Waals surface area contributed by atoms with Crippen molar-refractivity contribution in [3.63, 3.8) is 0 Å². The highest BCUT2D eigenvalue weighted by molar-refractivity contribution is 7.98. The highest BCUT2D eigenvalue weighted by atomic mass is 32.2. The Kier molecular flexibility index (Phi) is 9.34. The number of guanidine groups is 1. The number of rotatable bonds is 10. The highest BCUT2D eigenvalue weighted by Crippen LogP contribution is 2.16. The van der Waals surface area contributed by atoms with E-state index in [-0.39, 0.29) is 0 Å². The van der Waals surface area contributed by atoms with Gasteiger partial charge in [0.2, 0.25) is 0 Å². The van der Waals surface area contributed by atoms with Crippen LogP contribution in [-0.2, 0) is 19.5 Å². The van der Waals surface area contributed by atoms with Gasteiger partial charge >= 0.3 is 0 Å². The van der Waals surface area contributed by atoms with Crippen molar-refractivity contribution in [1.82, 2.24) is 25.4 Å². The standard InChI is InChI=1S/C21H34N6S/c1-6-22-20(24-14-18-11-8-7-10-17(18)4)23-13-9-12-19-25-26-21(28-5)27(19)15-16(2)3/h7-8,10-11,16H,6,9,12-15H2,1-5H3,(H2,22,23,24). The molecular weight excluding hydrogens is 368 g/mol. The fourth-order valence-corrected chi connectivity index (χ4v) is 3.47. The van der Waals surface area contributed by atoms with Crippen molar-refractivity contribution in [3.05, 3.63) is 41.2 Å².